The van der Waals surface area contributed by atoms with Crippen molar-refractivity contribution in [3.05, 3.63) is 28.3 Å². The summed E-state index contributed by atoms with van der Waals surface area (Å²) >= 11 is 0. The Balaban J connectivity index is 3.10. The maximum atomic E-state index is 10.2. The van der Waals surface area contributed by atoms with Gasteiger partial charge in [0.15, 0.2) is 5.75 Å². The molecule has 1 aromatic rings. The number of nitrogen functional groups attached to an aromatic ring is 1. The van der Waals surface area contributed by atoms with Crippen LogP contribution in [0.5, 0.6) is 5.75 Å². The van der Waals surface area contributed by atoms with Gasteiger partial charge in [-0.25, -0.2) is 0 Å². The summed E-state index contributed by atoms with van der Waals surface area (Å²) < 4.78 is 0. The minimum Gasteiger partial charge on any atom is -0.409 e. The van der Waals surface area contributed by atoms with E-state index in [0.29, 0.717) is 0 Å². The van der Waals surface area contributed by atoms with E-state index in [-0.39, 0.29) is 17.1 Å². The van der Waals surface area contributed by atoms with E-state index in [1.807, 2.05) is 0 Å². The van der Waals surface area contributed by atoms with Crippen molar-refractivity contribution in [3.8, 4) is 5.75 Å². The molecule has 6 heteroatoms. The molecule has 1 aromatic carbocycles. The first-order valence-corrected chi connectivity index (χ1v) is 3.06. The zero-order valence-electron chi connectivity index (χ0n) is 6.06. The van der Waals surface area contributed by atoms with Crippen molar-refractivity contribution in [2.45, 2.75) is 0 Å². The lowest BCUT2D eigenvalue weighted by Gasteiger charge is -2.00. The molecule has 0 fully saturated rings. The largest absolute Gasteiger partial charge is 0.409 e. The Kier molecular flexibility index (Phi) is 2.11. The molecule has 0 saturated heterocycles. The van der Waals surface area contributed by atoms with Crippen LogP contribution in [0.4, 0.5) is 11.4 Å². The third-order valence-corrected chi connectivity index (χ3v) is 1.33. The second-order valence-corrected chi connectivity index (χ2v) is 2.10. The number of anilines is 1. The molecule has 0 radical (unpaired) electrons. The number of non-ortho nitro benzene ring substituents is 1. The fraction of sp³-hybridized carbons (Fsp3) is 0. The SMILES string of the molecule is NOc1ccc([N+](=O)[O-])cc1N. The lowest BCUT2D eigenvalue weighted by Crippen LogP contribution is -2.04. The van der Waals surface area contributed by atoms with Gasteiger partial charge in [-0.15, -0.1) is 0 Å². The molecule has 12 heavy (non-hydrogen) atoms. The van der Waals surface area contributed by atoms with E-state index in [1.54, 1.807) is 0 Å². The Labute approximate surface area is 67.8 Å². The van der Waals surface area contributed by atoms with E-state index in [4.69, 9.17) is 11.6 Å². The maximum Gasteiger partial charge on any atom is 0.271 e. The lowest BCUT2D eigenvalue weighted by molar-refractivity contribution is -0.384. The molecule has 6 nitrogen and oxygen atoms in total. The fourth-order valence-corrected chi connectivity index (χ4v) is 0.757. The Hall–Kier alpha value is -1.82. The van der Waals surface area contributed by atoms with E-state index < -0.39 is 4.92 Å². The number of nitrogens with zero attached hydrogens (tertiary/aromatic N) is 1. The average molecular weight is 169 g/mol. The molecule has 0 atom stereocenters. The summed E-state index contributed by atoms with van der Waals surface area (Å²) in [5.74, 6) is 5.05. The van der Waals surface area contributed by atoms with Gasteiger partial charge in [0.05, 0.1) is 10.6 Å². The number of hydrogen-bond donors (Lipinski definition) is 2. The summed E-state index contributed by atoms with van der Waals surface area (Å²) in [6.45, 7) is 0. The summed E-state index contributed by atoms with van der Waals surface area (Å²) in [5, 5.41) is 10.2. The van der Waals surface area contributed by atoms with Gasteiger partial charge < -0.3 is 10.6 Å². The van der Waals surface area contributed by atoms with Crippen LogP contribution >= 0.6 is 0 Å². The van der Waals surface area contributed by atoms with Crippen molar-refractivity contribution in [1.29, 1.82) is 0 Å². The van der Waals surface area contributed by atoms with Crippen LogP contribution in [0.1, 0.15) is 0 Å². The highest BCUT2D eigenvalue weighted by molar-refractivity contribution is 5.57. The lowest BCUT2D eigenvalue weighted by atomic mass is 10.2. The van der Waals surface area contributed by atoms with Crippen LogP contribution in [0.3, 0.4) is 0 Å². The minimum atomic E-state index is -0.545. The van der Waals surface area contributed by atoms with Crippen LogP contribution in [-0.4, -0.2) is 4.92 Å². The molecule has 0 saturated carbocycles. The van der Waals surface area contributed by atoms with Crippen molar-refractivity contribution < 1.29 is 9.76 Å². The van der Waals surface area contributed by atoms with E-state index in [1.165, 1.54) is 18.2 Å². The number of nitro groups is 1. The Morgan fingerprint density at radius 1 is 1.50 bits per heavy atom. The van der Waals surface area contributed by atoms with Gasteiger partial charge >= 0.3 is 0 Å². The summed E-state index contributed by atoms with van der Waals surface area (Å²) in [5.41, 5.74) is 5.42. The molecular formula is C6H7N3O3. The molecule has 0 bridgehead atoms. The molecule has 0 unspecified atom stereocenters. The molecule has 0 aliphatic heterocycles. The van der Waals surface area contributed by atoms with Gasteiger partial charge in [0, 0.05) is 12.1 Å². The zero-order chi connectivity index (χ0) is 9.14. The molecule has 0 aliphatic rings. The number of nitrogens with two attached hydrogens (primary N) is 2. The number of benzene rings is 1. The third-order valence-electron chi connectivity index (χ3n) is 1.33. The van der Waals surface area contributed by atoms with Crippen molar-refractivity contribution in [2.24, 2.45) is 5.90 Å². The van der Waals surface area contributed by atoms with E-state index >= 15 is 0 Å². The van der Waals surface area contributed by atoms with Crippen molar-refractivity contribution in [2.75, 3.05) is 5.73 Å². The highest BCUT2D eigenvalue weighted by Crippen LogP contribution is 2.24. The predicted molar refractivity (Wildman–Crippen MR) is 42.3 cm³/mol. The molecule has 0 heterocycles. The molecule has 4 N–H and O–H groups in total. The molecule has 0 spiro atoms. The van der Waals surface area contributed by atoms with Gasteiger partial charge in [-0.3, -0.25) is 10.1 Å². The smallest absolute Gasteiger partial charge is 0.271 e. The van der Waals surface area contributed by atoms with E-state index in [9.17, 15) is 10.1 Å². The topological polar surface area (TPSA) is 104 Å². The van der Waals surface area contributed by atoms with Crippen LogP contribution in [-0.2, 0) is 0 Å². The molecule has 0 amide bonds. The van der Waals surface area contributed by atoms with Crippen molar-refractivity contribution >= 4 is 11.4 Å². The first-order valence-electron chi connectivity index (χ1n) is 3.06. The van der Waals surface area contributed by atoms with Gasteiger partial charge in [-0.05, 0) is 6.07 Å². The predicted octanol–water partition coefficient (Wildman–Crippen LogP) is 0.430. The van der Waals surface area contributed by atoms with Gasteiger partial charge in [0.2, 0.25) is 0 Å². The van der Waals surface area contributed by atoms with Crippen molar-refractivity contribution in [1.82, 2.24) is 0 Å². The van der Waals surface area contributed by atoms with E-state index in [2.05, 4.69) is 4.84 Å². The van der Waals surface area contributed by atoms with Crippen LogP contribution in [0.25, 0.3) is 0 Å². The molecule has 0 aromatic heterocycles. The molecular weight excluding hydrogens is 162 g/mol. The molecule has 0 aliphatic carbocycles. The van der Waals surface area contributed by atoms with Gasteiger partial charge in [0.1, 0.15) is 0 Å². The van der Waals surface area contributed by atoms with Gasteiger partial charge in [0.25, 0.3) is 5.69 Å². The Bertz CT molecular complexity index is 313. The van der Waals surface area contributed by atoms with E-state index in [0.717, 1.165) is 0 Å². The molecule has 64 valence electrons. The Morgan fingerprint density at radius 3 is 2.58 bits per heavy atom. The zero-order valence-corrected chi connectivity index (χ0v) is 6.06. The first-order chi connectivity index (χ1) is 5.65. The highest BCUT2D eigenvalue weighted by atomic mass is 16.6. The highest BCUT2D eigenvalue weighted by Gasteiger charge is 2.08. The van der Waals surface area contributed by atoms with Gasteiger partial charge in [-0.1, -0.05) is 0 Å². The number of rotatable bonds is 2. The number of nitro benzene ring substituents is 1. The normalized spacial score (nSPS) is 9.42. The molecule has 1 rings (SSSR count). The maximum absolute atomic E-state index is 10.2. The second kappa shape index (κ2) is 3.05. The summed E-state index contributed by atoms with van der Waals surface area (Å²) in [6.07, 6.45) is 0. The Morgan fingerprint density at radius 2 is 2.17 bits per heavy atom. The summed E-state index contributed by atoms with van der Waals surface area (Å²) in [6, 6.07) is 3.79. The third kappa shape index (κ3) is 1.43. The summed E-state index contributed by atoms with van der Waals surface area (Å²) in [4.78, 5) is 14.0. The standard InChI is InChI=1S/C6H7N3O3/c7-5-3-4(9(10)11)1-2-6(5)12-8/h1-3H,7-8H2. The van der Waals surface area contributed by atoms with Crippen molar-refractivity contribution in [3.63, 3.8) is 0 Å². The fourth-order valence-electron chi connectivity index (χ4n) is 0.757. The van der Waals surface area contributed by atoms with Crippen LogP contribution in [0.15, 0.2) is 18.2 Å². The van der Waals surface area contributed by atoms with Crippen LogP contribution < -0.4 is 16.5 Å². The quantitative estimate of drug-likeness (QED) is 0.379. The van der Waals surface area contributed by atoms with Crippen LogP contribution in [0.2, 0.25) is 0 Å². The minimum absolute atomic E-state index is 0.0895. The second-order valence-electron chi connectivity index (χ2n) is 2.10. The van der Waals surface area contributed by atoms with Crippen LogP contribution in [0, 0.1) is 10.1 Å². The number of hydrogen-bond acceptors (Lipinski definition) is 5. The average Bonchev–Trinajstić information content (AvgIpc) is 2.04. The van der Waals surface area contributed by atoms with Gasteiger partial charge in [-0.2, -0.15) is 5.90 Å². The monoisotopic (exact) mass is 169 g/mol. The summed E-state index contributed by atoms with van der Waals surface area (Å²) in [7, 11) is 0. The first kappa shape index (κ1) is 8.28.